The number of hydrogen-bond donors (Lipinski definition) is 0. The fourth-order valence-corrected chi connectivity index (χ4v) is 4.00. The van der Waals surface area contributed by atoms with Crippen molar-refractivity contribution in [2.45, 2.75) is 33.5 Å². The second kappa shape index (κ2) is 7.70. The third-order valence-electron chi connectivity index (χ3n) is 5.50. The number of aryl methyl sites for hydroxylation is 2. The van der Waals surface area contributed by atoms with Gasteiger partial charge >= 0.3 is 0 Å². The lowest BCUT2D eigenvalue weighted by Crippen LogP contribution is -2.26. The highest BCUT2D eigenvalue weighted by Crippen LogP contribution is 2.31. The Labute approximate surface area is 184 Å². The molecule has 8 nitrogen and oxygen atoms in total. The molecule has 1 aliphatic heterocycles. The molecule has 0 spiro atoms. The van der Waals surface area contributed by atoms with E-state index in [-0.39, 0.29) is 5.91 Å². The third-order valence-corrected chi connectivity index (χ3v) is 6.04. The summed E-state index contributed by atoms with van der Waals surface area (Å²) in [6.45, 7) is 5.70. The predicted molar refractivity (Wildman–Crippen MR) is 115 cm³/mol. The Balaban J connectivity index is 1.36. The number of hydrogen-bond acceptors (Lipinski definition) is 5. The molecule has 1 amide bonds. The quantitative estimate of drug-likeness (QED) is 0.479. The molecule has 0 radical (unpaired) electrons. The Hall–Kier alpha value is -3.39. The van der Waals surface area contributed by atoms with E-state index in [9.17, 15) is 4.79 Å². The highest BCUT2D eigenvalue weighted by Gasteiger charge is 2.31. The van der Waals surface area contributed by atoms with Gasteiger partial charge in [-0.1, -0.05) is 23.7 Å². The van der Waals surface area contributed by atoms with Crippen LogP contribution in [0.4, 0.5) is 0 Å². The lowest BCUT2D eigenvalue weighted by molar-refractivity contribution is 0.0745. The zero-order chi connectivity index (χ0) is 21.5. The second-order valence-electron chi connectivity index (χ2n) is 7.53. The van der Waals surface area contributed by atoms with Gasteiger partial charge in [0.2, 0.25) is 0 Å². The summed E-state index contributed by atoms with van der Waals surface area (Å²) in [6.07, 6.45) is 3.60. The number of halogens is 1. The minimum atomic E-state index is -0.0896. The van der Waals surface area contributed by atoms with E-state index in [1.165, 1.54) is 0 Å². The van der Waals surface area contributed by atoms with Crippen LogP contribution in [-0.2, 0) is 19.6 Å². The molecule has 1 aliphatic rings. The van der Waals surface area contributed by atoms with E-state index in [1.54, 1.807) is 26.4 Å². The van der Waals surface area contributed by atoms with Gasteiger partial charge in [-0.2, -0.15) is 10.2 Å². The van der Waals surface area contributed by atoms with Crippen molar-refractivity contribution in [2.24, 2.45) is 0 Å². The molecule has 0 atom stereocenters. The number of fused-ring (bicyclic) bond motifs is 3. The number of rotatable bonds is 5. The van der Waals surface area contributed by atoms with Crippen LogP contribution >= 0.6 is 11.6 Å². The summed E-state index contributed by atoms with van der Waals surface area (Å²) < 4.78 is 9.47. The molecule has 0 N–H and O–H groups in total. The van der Waals surface area contributed by atoms with E-state index in [4.69, 9.17) is 16.3 Å². The Morgan fingerprint density at radius 2 is 2.03 bits per heavy atom. The third kappa shape index (κ3) is 3.42. The first-order valence-electron chi connectivity index (χ1n) is 10.0. The minimum absolute atomic E-state index is 0.0896. The maximum absolute atomic E-state index is 13.3. The van der Waals surface area contributed by atoms with Crippen molar-refractivity contribution in [2.75, 3.05) is 6.61 Å². The van der Waals surface area contributed by atoms with Crippen LogP contribution in [0.25, 0.3) is 5.65 Å². The maximum atomic E-state index is 13.3. The molecule has 0 unspecified atom stereocenters. The summed E-state index contributed by atoms with van der Waals surface area (Å²) in [6, 6.07) is 9.19. The lowest BCUT2D eigenvalue weighted by Gasteiger charge is -2.18. The number of carbonyl (C=O) groups is 1. The molecule has 3 aromatic heterocycles. The van der Waals surface area contributed by atoms with Gasteiger partial charge in [-0.25, -0.2) is 9.50 Å². The van der Waals surface area contributed by atoms with Gasteiger partial charge in [0, 0.05) is 18.0 Å². The summed E-state index contributed by atoms with van der Waals surface area (Å²) in [7, 11) is 0. The zero-order valence-corrected chi connectivity index (χ0v) is 18.0. The molecule has 5 rings (SSSR count). The Morgan fingerprint density at radius 3 is 2.84 bits per heavy atom. The summed E-state index contributed by atoms with van der Waals surface area (Å²) in [4.78, 5) is 19.7. The van der Waals surface area contributed by atoms with Gasteiger partial charge in [0.1, 0.15) is 12.4 Å². The van der Waals surface area contributed by atoms with Crippen LogP contribution < -0.4 is 4.74 Å². The molecule has 0 bridgehead atoms. The van der Waals surface area contributed by atoms with E-state index in [0.29, 0.717) is 42.6 Å². The van der Waals surface area contributed by atoms with Gasteiger partial charge in [-0.15, -0.1) is 0 Å². The fraction of sp³-hybridized carbons (Fsp3) is 0.273. The minimum Gasteiger partial charge on any atom is -0.491 e. The van der Waals surface area contributed by atoms with E-state index in [2.05, 4.69) is 15.2 Å². The Bertz CT molecular complexity index is 1280. The van der Waals surface area contributed by atoms with Crippen LogP contribution in [0.15, 0.2) is 42.7 Å². The van der Waals surface area contributed by atoms with E-state index >= 15 is 0 Å². The number of amides is 1. The van der Waals surface area contributed by atoms with Crippen LogP contribution in [-0.4, -0.2) is 41.8 Å². The first kappa shape index (κ1) is 19.6. The summed E-state index contributed by atoms with van der Waals surface area (Å²) >= 11 is 6.32. The van der Waals surface area contributed by atoms with Gasteiger partial charge in [-0.05, 0) is 32.0 Å². The van der Waals surface area contributed by atoms with Gasteiger partial charge in [-0.3, -0.25) is 9.48 Å². The van der Waals surface area contributed by atoms with Crippen LogP contribution in [0, 0.1) is 13.8 Å². The van der Waals surface area contributed by atoms with Crippen LogP contribution in [0.3, 0.4) is 0 Å². The largest absolute Gasteiger partial charge is 0.491 e. The predicted octanol–water partition coefficient (Wildman–Crippen LogP) is 3.43. The highest BCUT2D eigenvalue weighted by molar-refractivity contribution is 6.31. The number of carbonyl (C=O) groups excluding carboxylic acids is 1. The summed E-state index contributed by atoms with van der Waals surface area (Å²) in [5, 5.41) is 9.44. The number of benzene rings is 1. The monoisotopic (exact) mass is 436 g/mol. The SMILES string of the molecule is Cc1nc2c3c(nn2c(C)c1Cl)CN(C(=O)c1ccccc1OCCn1cccn1)C3. The van der Waals surface area contributed by atoms with Crippen LogP contribution in [0.5, 0.6) is 5.75 Å². The molecule has 0 fully saturated rings. The van der Waals surface area contributed by atoms with E-state index in [0.717, 1.165) is 28.3 Å². The molecule has 0 saturated heterocycles. The van der Waals surface area contributed by atoms with Crippen molar-refractivity contribution in [3.8, 4) is 5.75 Å². The molecule has 0 aliphatic carbocycles. The Kier molecular flexibility index (Phi) is 4.86. The molecule has 0 saturated carbocycles. The molecule has 31 heavy (non-hydrogen) atoms. The van der Waals surface area contributed by atoms with Crippen molar-refractivity contribution in [1.29, 1.82) is 0 Å². The molecule has 4 heterocycles. The van der Waals surface area contributed by atoms with Crippen molar-refractivity contribution < 1.29 is 9.53 Å². The van der Waals surface area contributed by atoms with Crippen molar-refractivity contribution in [3.05, 3.63) is 76.0 Å². The topological polar surface area (TPSA) is 77.5 Å². The average molecular weight is 437 g/mol. The molecule has 1 aromatic carbocycles. The first-order valence-corrected chi connectivity index (χ1v) is 10.4. The van der Waals surface area contributed by atoms with Gasteiger partial charge < -0.3 is 9.64 Å². The summed E-state index contributed by atoms with van der Waals surface area (Å²) in [5.41, 5.74) is 4.72. The normalized spacial score (nSPS) is 13.1. The number of para-hydroxylation sites is 1. The number of nitrogens with zero attached hydrogens (tertiary/aromatic N) is 6. The number of ether oxygens (including phenoxy) is 1. The van der Waals surface area contributed by atoms with Crippen molar-refractivity contribution >= 4 is 23.2 Å². The average Bonchev–Trinajstić information content (AvgIpc) is 3.49. The second-order valence-corrected chi connectivity index (χ2v) is 7.91. The molecule has 158 valence electrons. The first-order chi connectivity index (χ1) is 15.0. The highest BCUT2D eigenvalue weighted by atomic mass is 35.5. The lowest BCUT2D eigenvalue weighted by atomic mass is 10.1. The molecule has 4 aromatic rings. The van der Waals surface area contributed by atoms with Crippen LogP contribution in [0.1, 0.15) is 33.0 Å². The maximum Gasteiger partial charge on any atom is 0.258 e. The molecular weight excluding hydrogens is 416 g/mol. The van der Waals surface area contributed by atoms with Gasteiger partial charge in [0.25, 0.3) is 5.91 Å². The molecule has 9 heteroatoms. The van der Waals surface area contributed by atoms with Crippen molar-refractivity contribution in [3.63, 3.8) is 0 Å². The Morgan fingerprint density at radius 1 is 1.19 bits per heavy atom. The van der Waals surface area contributed by atoms with Gasteiger partial charge in [0.15, 0.2) is 5.65 Å². The standard InChI is InChI=1S/C22H21ClN6O2/c1-14-20(23)15(2)29-21(25-14)17-12-27(13-18(17)26-29)22(30)16-6-3-4-7-19(16)31-11-10-28-9-5-8-24-28/h3-9H,10-13H2,1-2H3. The van der Waals surface area contributed by atoms with E-state index < -0.39 is 0 Å². The van der Waals surface area contributed by atoms with E-state index in [1.807, 2.05) is 44.3 Å². The number of aromatic nitrogens is 5. The van der Waals surface area contributed by atoms with Crippen molar-refractivity contribution in [1.82, 2.24) is 29.3 Å². The zero-order valence-electron chi connectivity index (χ0n) is 17.2. The fourth-order valence-electron chi connectivity index (χ4n) is 3.88. The summed E-state index contributed by atoms with van der Waals surface area (Å²) in [5.74, 6) is 0.475. The molecular formula is C22H21ClN6O2. The van der Waals surface area contributed by atoms with Crippen LogP contribution in [0.2, 0.25) is 5.02 Å². The van der Waals surface area contributed by atoms with Gasteiger partial charge in [0.05, 0.1) is 47.3 Å². The smallest absolute Gasteiger partial charge is 0.258 e.